The summed E-state index contributed by atoms with van der Waals surface area (Å²) in [6, 6.07) is 12.0. The highest BCUT2D eigenvalue weighted by Gasteiger charge is 2.01. The van der Waals surface area contributed by atoms with Crippen LogP contribution in [0.5, 0.6) is 5.75 Å². The Balaban J connectivity index is 1.94. The lowest BCUT2D eigenvalue weighted by molar-refractivity contribution is 0.464. The van der Waals surface area contributed by atoms with Gasteiger partial charge in [-0.15, -0.1) is 0 Å². The first-order valence-corrected chi connectivity index (χ1v) is 5.89. The Morgan fingerprint density at radius 1 is 1.11 bits per heavy atom. The molecule has 3 heteroatoms. The highest BCUT2D eigenvalue weighted by molar-refractivity contribution is 5.35. The standard InChI is InChI=1S/C15H16FNO/c1-11-5-6-15(18)13(7-11)10-17-9-12-3-2-4-14(16)8-12/h2-8,17-18H,9-10H2,1H3. The van der Waals surface area contributed by atoms with Crippen molar-refractivity contribution in [3.63, 3.8) is 0 Å². The topological polar surface area (TPSA) is 32.3 Å². The van der Waals surface area contributed by atoms with E-state index in [9.17, 15) is 9.50 Å². The number of phenolic OH excluding ortho intramolecular Hbond substituents is 1. The van der Waals surface area contributed by atoms with Gasteiger partial charge in [-0.2, -0.15) is 0 Å². The molecule has 0 unspecified atom stereocenters. The van der Waals surface area contributed by atoms with E-state index in [0.717, 1.165) is 16.7 Å². The van der Waals surface area contributed by atoms with E-state index >= 15 is 0 Å². The van der Waals surface area contributed by atoms with E-state index in [4.69, 9.17) is 0 Å². The van der Waals surface area contributed by atoms with Crippen LogP contribution in [-0.2, 0) is 13.1 Å². The molecule has 0 aromatic heterocycles. The number of hydrogen-bond acceptors (Lipinski definition) is 2. The molecule has 0 saturated heterocycles. The second-order valence-corrected chi connectivity index (χ2v) is 4.37. The Kier molecular flexibility index (Phi) is 3.95. The molecule has 2 aromatic rings. The fraction of sp³-hybridized carbons (Fsp3) is 0.200. The monoisotopic (exact) mass is 245 g/mol. The normalized spacial score (nSPS) is 10.6. The van der Waals surface area contributed by atoms with Crippen LogP contribution in [0.15, 0.2) is 42.5 Å². The maximum Gasteiger partial charge on any atom is 0.123 e. The molecule has 0 aliphatic carbocycles. The summed E-state index contributed by atoms with van der Waals surface area (Å²) >= 11 is 0. The first-order chi connectivity index (χ1) is 8.65. The first-order valence-electron chi connectivity index (χ1n) is 5.89. The predicted octanol–water partition coefficient (Wildman–Crippen LogP) is 3.13. The third-order valence-electron chi connectivity index (χ3n) is 2.77. The lowest BCUT2D eigenvalue weighted by Crippen LogP contribution is -2.13. The number of nitrogens with one attached hydrogen (secondary N) is 1. The fourth-order valence-corrected chi connectivity index (χ4v) is 1.84. The molecule has 0 radical (unpaired) electrons. The van der Waals surface area contributed by atoms with Crippen LogP contribution in [0.4, 0.5) is 4.39 Å². The zero-order chi connectivity index (χ0) is 13.0. The lowest BCUT2D eigenvalue weighted by Gasteiger charge is -2.08. The van der Waals surface area contributed by atoms with Crippen molar-refractivity contribution in [2.24, 2.45) is 0 Å². The molecule has 94 valence electrons. The molecule has 0 fully saturated rings. The number of phenols is 1. The van der Waals surface area contributed by atoms with Crippen LogP contribution in [0.25, 0.3) is 0 Å². The minimum Gasteiger partial charge on any atom is -0.508 e. The Morgan fingerprint density at radius 2 is 1.94 bits per heavy atom. The largest absolute Gasteiger partial charge is 0.508 e. The second-order valence-electron chi connectivity index (χ2n) is 4.37. The van der Waals surface area contributed by atoms with Crippen molar-refractivity contribution in [2.75, 3.05) is 0 Å². The van der Waals surface area contributed by atoms with Crippen LogP contribution >= 0.6 is 0 Å². The summed E-state index contributed by atoms with van der Waals surface area (Å²) in [6.07, 6.45) is 0. The molecule has 2 N–H and O–H groups in total. The Hall–Kier alpha value is -1.87. The van der Waals surface area contributed by atoms with E-state index in [2.05, 4.69) is 5.32 Å². The Bertz CT molecular complexity index is 540. The van der Waals surface area contributed by atoms with Crippen molar-refractivity contribution in [3.8, 4) is 5.75 Å². The van der Waals surface area contributed by atoms with Gasteiger partial charge in [0, 0.05) is 18.7 Å². The lowest BCUT2D eigenvalue weighted by atomic mass is 10.1. The van der Waals surface area contributed by atoms with Gasteiger partial charge in [0.15, 0.2) is 0 Å². The minimum atomic E-state index is -0.229. The fourth-order valence-electron chi connectivity index (χ4n) is 1.84. The average Bonchev–Trinajstić information content (AvgIpc) is 2.34. The smallest absolute Gasteiger partial charge is 0.123 e. The van der Waals surface area contributed by atoms with E-state index < -0.39 is 0 Å². The van der Waals surface area contributed by atoms with Gasteiger partial charge in [-0.3, -0.25) is 0 Å². The van der Waals surface area contributed by atoms with Gasteiger partial charge in [0.2, 0.25) is 0 Å². The maximum absolute atomic E-state index is 13.0. The second kappa shape index (κ2) is 5.65. The van der Waals surface area contributed by atoms with Crippen molar-refractivity contribution < 1.29 is 9.50 Å². The first kappa shape index (κ1) is 12.6. The minimum absolute atomic E-state index is 0.229. The maximum atomic E-state index is 13.0. The Labute approximate surface area is 106 Å². The van der Waals surface area contributed by atoms with E-state index in [1.807, 2.05) is 25.1 Å². The van der Waals surface area contributed by atoms with Gasteiger partial charge in [0.1, 0.15) is 11.6 Å². The molecule has 2 nitrogen and oxygen atoms in total. The molecule has 0 heterocycles. The number of aromatic hydroxyl groups is 1. The van der Waals surface area contributed by atoms with Crippen LogP contribution in [0.3, 0.4) is 0 Å². The molecule has 0 saturated carbocycles. The Morgan fingerprint density at radius 3 is 2.72 bits per heavy atom. The number of halogens is 1. The predicted molar refractivity (Wildman–Crippen MR) is 69.8 cm³/mol. The molecule has 18 heavy (non-hydrogen) atoms. The van der Waals surface area contributed by atoms with E-state index in [-0.39, 0.29) is 11.6 Å². The third kappa shape index (κ3) is 3.31. The van der Waals surface area contributed by atoms with E-state index in [0.29, 0.717) is 13.1 Å². The highest BCUT2D eigenvalue weighted by atomic mass is 19.1. The van der Waals surface area contributed by atoms with Gasteiger partial charge in [-0.25, -0.2) is 4.39 Å². The SMILES string of the molecule is Cc1ccc(O)c(CNCc2cccc(F)c2)c1. The average molecular weight is 245 g/mol. The van der Waals surface area contributed by atoms with Gasteiger partial charge in [0.25, 0.3) is 0 Å². The van der Waals surface area contributed by atoms with Crippen molar-refractivity contribution in [2.45, 2.75) is 20.0 Å². The van der Waals surface area contributed by atoms with Crippen LogP contribution in [0.1, 0.15) is 16.7 Å². The van der Waals surface area contributed by atoms with Gasteiger partial charge >= 0.3 is 0 Å². The van der Waals surface area contributed by atoms with Crippen molar-refractivity contribution in [1.82, 2.24) is 5.32 Å². The quantitative estimate of drug-likeness (QED) is 0.867. The summed E-state index contributed by atoms with van der Waals surface area (Å²) in [6.45, 7) is 3.12. The van der Waals surface area contributed by atoms with Gasteiger partial charge in [0.05, 0.1) is 0 Å². The molecule has 2 rings (SSSR count). The molecule has 0 bridgehead atoms. The summed E-state index contributed by atoms with van der Waals surface area (Å²) in [5.74, 6) is 0.0556. The van der Waals surface area contributed by atoms with Crippen molar-refractivity contribution in [1.29, 1.82) is 0 Å². The van der Waals surface area contributed by atoms with E-state index in [1.165, 1.54) is 12.1 Å². The number of aryl methyl sites for hydroxylation is 1. The van der Waals surface area contributed by atoms with Crippen LogP contribution in [-0.4, -0.2) is 5.11 Å². The van der Waals surface area contributed by atoms with Crippen molar-refractivity contribution >= 4 is 0 Å². The molecule has 0 aliphatic rings. The van der Waals surface area contributed by atoms with Crippen LogP contribution < -0.4 is 5.32 Å². The third-order valence-corrected chi connectivity index (χ3v) is 2.77. The van der Waals surface area contributed by atoms with Crippen molar-refractivity contribution in [3.05, 3.63) is 65.0 Å². The van der Waals surface area contributed by atoms with E-state index in [1.54, 1.807) is 12.1 Å². The number of benzene rings is 2. The molecule has 0 atom stereocenters. The highest BCUT2D eigenvalue weighted by Crippen LogP contribution is 2.17. The molecule has 0 amide bonds. The number of hydrogen-bond donors (Lipinski definition) is 2. The summed E-state index contributed by atoms with van der Waals surface area (Å²) in [5, 5.41) is 12.9. The molecular formula is C15H16FNO. The number of rotatable bonds is 4. The zero-order valence-corrected chi connectivity index (χ0v) is 10.3. The zero-order valence-electron chi connectivity index (χ0n) is 10.3. The van der Waals surface area contributed by atoms with Gasteiger partial charge < -0.3 is 10.4 Å². The van der Waals surface area contributed by atoms with Gasteiger partial charge in [-0.1, -0.05) is 29.8 Å². The molecule has 2 aromatic carbocycles. The summed E-state index contributed by atoms with van der Waals surface area (Å²) in [7, 11) is 0. The molecule has 0 spiro atoms. The molecular weight excluding hydrogens is 229 g/mol. The van der Waals surface area contributed by atoms with Crippen LogP contribution in [0.2, 0.25) is 0 Å². The summed E-state index contributed by atoms with van der Waals surface area (Å²) < 4.78 is 13.0. The van der Waals surface area contributed by atoms with Gasteiger partial charge in [-0.05, 0) is 30.7 Å². The van der Waals surface area contributed by atoms with Crippen LogP contribution in [0, 0.1) is 12.7 Å². The summed E-state index contributed by atoms with van der Waals surface area (Å²) in [5.41, 5.74) is 2.85. The molecule has 0 aliphatic heterocycles. The summed E-state index contributed by atoms with van der Waals surface area (Å²) in [4.78, 5) is 0.